The van der Waals surface area contributed by atoms with E-state index < -0.39 is 28.5 Å². The summed E-state index contributed by atoms with van der Waals surface area (Å²) in [6.45, 7) is 4.46. The van der Waals surface area contributed by atoms with Gasteiger partial charge in [0.1, 0.15) is 5.69 Å². The Labute approximate surface area is 183 Å². The van der Waals surface area contributed by atoms with Crippen molar-refractivity contribution in [1.29, 1.82) is 0 Å². The summed E-state index contributed by atoms with van der Waals surface area (Å²) < 4.78 is 8.22. The molecule has 1 unspecified atom stereocenters. The Kier molecular flexibility index (Phi) is 6.24. The van der Waals surface area contributed by atoms with Gasteiger partial charge >= 0.3 is 5.97 Å². The number of rotatable bonds is 6. The molecule has 0 saturated carbocycles. The van der Waals surface area contributed by atoms with E-state index in [1.807, 2.05) is 6.07 Å². The predicted octanol–water partition coefficient (Wildman–Crippen LogP) is 2.89. The first-order chi connectivity index (χ1) is 15.1. The number of para-hydroxylation sites is 1. The first-order valence-electron chi connectivity index (χ1n) is 9.73. The maximum atomic E-state index is 12.9. The summed E-state index contributed by atoms with van der Waals surface area (Å²) in [6, 6.07) is 13.0. The van der Waals surface area contributed by atoms with Gasteiger partial charge in [0.25, 0.3) is 17.2 Å². The van der Waals surface area contributed by atoms with Crippen molar-refractivity contribution in [2.45, 2.75) is 26.9 Å². The number of nitrogens with zero attached hydrogens (tertiary/aromatic N) is 3. The van der Waals surface area contributed by atoms with Crippen molar-refractivity contribution in [3.63, 3.8) is 0 Å². The van der Waals surface area contributed by atoms with Gasteiger partial charge in [-0.15, -0.1) is 0 Å². The van der Waals surface area contributed by atoms with Gasteiger partial charge in [0, 0.05) is 18.7 Å². The van der Waals surface area contributed by atoms with E-state index in [9.17, 15) is 24.5 Å². The van der Waals surface area contributed by atoms with Crippen molar-refractivity contribution in [2.75, 3.05) is 5.32 Å². The molecule has 1 atom stereocenters. The first kappa shape index (κ1) is 22.5. The highest BCUT2D eigenvalue weighted by Gasteiger charge is 2.25. The minimum Gasteiger partial charge on any atom is -0.449 e. The molecular formula is C22H22N4O6. The number of esters is 1. The topological polar surface area (TPSA) is 125 Å². The summed E-state index contributed by atoms with van der Waals surface area (Å²) in [5.74, 6) is -1.58. The molecule has 0 fully saturated rings. The molecule has 0 aliphatic carbocycles. The van der Waals surface area contributed by atoms with E-state index >= 15 is 0 Å². The van der Waals surface area contributed by atoms with Gasteiger partial charge in [-0.3, -0.25) is 24.4 Å². The lowest BCUT2D eigenvalue weighted by molar-refractivity contribution is -0.385. The van der Waals surface area contributed by atoms with Crippen LogP contribution in [0.1, 0.15) is 28.5 Å². The quantitative estimate of drug-likeness (QED) is 0.358. The molecule has 0 aliphatic rings. The fraction of sp³-hybridized carbons (Fsp3) is 0.227. The number of amides is 1. The second-order valence-corrected chi connectivity index (χ2v) is 7.18. The molecule has 166 valence electrons. The maximum Gasteiger partial charge on any atom is 0.339 e. The molecule has 2 aromatic carbocycles. The van der Waals surface area contributed by atoms with Crippen LogP contribution in [-0.2, 0) is 16.6 Å². The third-order valence-electron chi connectivity index (χ3n) is 5.18. The van der Waals surface area contributed by atoms with E-state index in [2.05, 4.69) is 5.32 Å². The van der Waals surface area contributed by atoms with Gasteiger partial charge in [-0.2, -0.15) is 0 Å². The molecule has 3 rings (SSSR count). The second-order valence-electron chi connectivity index (χ2n) is 7.18. The highest BCUT2D eigenvalue weighted by Crippen LogP contribution is 2.22. The van der Waals surface area contributed by atoms with Crippen LogP contribution in [0.3, 0.4) is 0 Å². The monoisotopic (exact) mass is 438 g/mol. The van der Waals surface area contributed by atoms with Gasteiger partial charge < -0.3 is 10.1 Å². The fourth-order valence-corrected chi connectivity index (χ4v) is 3.26. The Morgan fingerprint density at radius 1 is 1.09 bits per heavy atom. The third kappa shape index (κ3) is 4.15. The molecule has 32 heavy (non-hydrogen) atoms. The Balaban J connectivity index is 1.80. The number of hydrogen-bond acceptors (Lipinski definition) is 6. The van der Waals surface area contributed by atoms with Crippen LogP contribution in [0.15, 0.2) is 53.3 Å². The van der Waals surface area contributed by atoms with Gasteiger partial charge in [-0.25, -0.2) is 9.48 Å². The lowest BCUT2D eigenvalue weighted by Crippen LogP contribution is -2.32. The zero-order valence-corrected chi connectivity index (χ0v) is 18.0. The standard InChI is InChI=1S/C22H22N4O6/c1-13-17(11-8-12-18(13)26(30)31)22(29)32-15(3)20(27)23-19-14(2)24(4)25(21(19)28)16-9-6-5-7-10-16/h5-12,15H,1-4H3,(H,23,27). The predicted molar refractivity (Wildman–Crippen MR) is 117 cm³/mol. The molecule has 0 saturated heterocycles. The zero-order valence-electron chi connectivity index (χ0n) is 18.0. The smallest absolute Gasteiger partial charge is 0.339 e. The normalized spacial score (nSPS) is 11.6. The van der Waals surface area contributed by atoms with Crippen LogP contribution < -0.4 is 10.9 Å². The van der Waals surface area contributed by atoms with Crippen molar-refractivity contribution >= 4 is 23.3 Å². The van der Waals surface area contributed by atoms with Crippen molar-refractivity contribution in [3.05, 3.63) is 85.8 Å². The Morgan fingerprint density at radius 2 is 1.75 bits per heavy atom. The van der Waals surface area contributed by atoms with Crippen LogP contribution in [-0.4, -0.2) is 32.3 Å². The van der Waals surface area contributed by atoms with Crippen LogP contribution in [0, 0.1) is 24.0 Å². The molecule has 0 radical (unpaired) electrons. The number of benzene rings is 2. The van der Waals surface area contributed by atoms with Crippen LogP contribution in [0.5, 0.6) is 0 Å². The van der Waals surface area contributed by atoms with Gasteiger partial charge in [-0.1, -0.05) is 24.3 Å². The van der Waals surface area contributed by atoms with Crippen LogP contribution >= 0.6 is 0 Å². The average molecular weight is 438 g/mol. The number of nitro groups is 1. The number of carbonyl (C=O) groups is 2. The van der Waals surface area contributed by atoms with Crippen LogP contribution in [0.4, 0.5) is 11.4 Å². The SMILES string of the molecule is Cc1c(C(=O)OC(C)C(=O)Nc2c(C)n(C)n(-c3ccccc3)c2=O)cccc1[N+](=O)[O-]. The van der Waals surface area contributed by atoms with Crippen LogP contribution in [0.25, 0.3) is 5.69 Å². The van der Waals surface area contributed by atoms with Crippen molar-refractivity contribution in [3.8, 4) is 5.69 Å². The summed E-state index contributed by atoms with van der Waals surface area (Å²) in [4.78, 5) is 48.5. The number of nitro benzene ring substituents is 1. The summed E-state index contributed by atoms with van der Waals surface area (Å²) in [7, 11) is 1.69. The number of nitrogens with one attached hydrogen (secondary N) is 1. The van der Waals surface area contributed by atoms with Crippen LogP contribution in [0.2, 0.25) is 0 Å². The zero-order chi connectivity index (χ0) is 23.6. The van der Waals surface area contributed by atoms with Gasteiger partial charge in [0.2, 0.25) is 0 Å². The maximum absolute atomic E-state index is 12.9. The minimum absolute atomic E-state index is 0.0128. The van der Waals surface area contributed by atoms with E-state index in [1.165, 1.54) is 36.7 Å². The highest BCUT2D eigenvalue weighted by molar-refractivity contribution is 5.98. The number of hydrogen-bond donors (Lipinski definition) is 1. The largest absolute Gasteiger partial charge is 0.449 e. The minimum atomic E-state index is -1.25. The molecule has 0 aliphatic heterocycles. The molecule has 1 aromatic heterocycles. The molecule has 1 N–H and O–H groups in total. The van der Waals surface area contributed by atoms with E-state index in [-0.39, 0.29) is 22.5 Å². The number of ether oxygens (including phenoxy) is 1. The highest BCUT2D eigenvalue weighted by atomic mass is 16.6. The third-order valence-corrected chi connectivity index (χ3v) is 5.18. The van der Waals surface area contributed by atoms with E-state index in [1.54, 1.807) is 42.9 Å². The molecule has 0 spiro atoms. The first-order valence-corrected chi connectivity index (χ1v) is 9.73. The summed E-state index contributed by atoms with van der Waals surface area (Å²) >= 11 is 0. The number of aromatic nitrogens is 2. The molecule has 10 heteroatoms. The molecule has 1 heterocycles. The van der Waals surface area contributed by atoms with Gasteiger partial charge in [0.15, 0.2) is 6.10 Å². The summed E-state index contributed by atoms with van der Waals surface area (Å²) in [5, 5.41) is 13.6. The lowest BCUT2D eigenvalue weighted by Gasteiger charge is -2.14. The number of anilines is 1. The summed E-state index contributed by atoms with van der Waals surface area (Å²) in [6.07, 6.45) is -1.25. The lowest BCUT2D eigenvalue weighted by atomic mass is 10.1. The van der Waals surface area contributed by atoms with Gasteiger partial charge in [0.05, 0.1) is 21.9 Å². The molecular weight excluding hydrogens is 416 g/mol. The second kappa shape index (κ2) is 8.88. The van der Waals surface area contributed by atoms with Crippen molar-refractivity contribution in [1.82, 2.24) is 9.36 Å². The Morgan fingerprint density at radius 3 is 2.38 bits per heavy atom. The Hall–Kier alpha value is -4.21. The number of carbonyl (C=O) groups excluding carboxylic acids is 2. The van der Waals surface area contributed by atoms with E-state index in [0.717, 1.165) is 0 Å². The fourth-order valence-electron chi connectivity index (χ4n) is 3.26. The van der Waals surface area contributed by atoms with Crippen molar-refractivity contribution < 1.29 is 19.2 Å². The van der Waals surface area contributed by atoms with Crippen molar-refractivity contribution in [2.24, 2.45) is 7.05 Å². The average Bonchev–Trinajstić information content (AvgIpc) is 2.97. The van der Waals surface area contributed by atoms with E-state index in [4.69, 9.17) is 4.74 Å². The molecule has 1 amide bonds. The summed E-state index contributed by atoms with van der Waals surface area (Å²) in [5.41, 5.74) is 0.678. The molecule has 10 nitrogen and oxygen atoms in total. The Bertz CT molecular complexity index is 1260. The van der Waals surface area contributed by atoms with Gasteiger partial charge in [-0.05, 0) is 39.0 Å². The van der Waals surface area contributed by atoms with E-state index in [0.29, 0.717) is 11.4 Å². The molecule has 0 bridgehead atoms. The molecule has 3 aromatic rings.